The topological polar surface area (TPSA) is 76.2 Å². The zero-order valence-corrected chi connectivity index (χ0v) is 14.5. The third kappa shape index (κ3) is 3.64. The maximum absolute atomic E-state index is 12.3. The lowest BCUT2D eigenvalue weighted by molar-refractivity contribution is -0.132. The van der Waals surface area contributed by atoms with Crippen LogP contribution in [0.3, 0.4) is 0 Å². The van der Waals surface area contributed by atoms with Crippen LogP contribution in [-0.4, -0.2) is 62.3 Å². The van der Waals surface area contributed by atoms with Crippen LogP contribution in [0.15, 0.2) is 18.2 Å². The van der Waals surface area contributed by atoms with Crippen molar-refractivity contribution in [3.8, 4) is 11.5 Å². The van der Waals surface area contributed by atoms with Crippen molar-refractivity contribution in [1.82, 2.24) is 9.21 Å². The number of piperazine rings is 1. The SMILES string of the molecule is CCS(=O)(=O)N1CCN(C(=O)CCc2ccc3c(c2)OCO3)CC1. The molecule has 0 N–H and O–H groups in total. The highest BCUT2D eigenvalue weighted by atomic mass is 32.2. The molecule has 0 bridgehead atoms. The molecule has 0 unspecified atom stereocenters. The molecule has 2 heterocycles. The number of amides is 1. The molecule has 132 valence electrons. The number of sulfonamides is 1. The lowest BCUT2D eigenvalue weighted by Crippen LogP contribution is -2.50. The van der Waals surface area contributed by atoms with Crippen LogP contribution in [0.4, 0.5) is 0 Å². The quantitative estimate of drug-likeness (QED) is 0.783. The zero-order chi connectivity index (χ0) is 17.2. The first-order valence-corrected chi connectivity index (χ1v) is 9.74. The first kappa shape index (κ1) is 17.0. The Kier molecular flexibility index (Phi) is 4.96. The number of hydrogen-bond acceptors (Lipinski definition) is 5. The van der Waals surface area contributed by atoms with Gasteiger partial charge in [-0.25, -0.2) is 8.42 Å². The van der Waals surface area contributed by atoms with E-state index >= 15 is 0 Å². The molecule has 8 heteroatoms. The van der Waals surface area contributed by atoms with Gasteiger partial charge in [0.2, 0.25) is 22.7 Å². The minimum Gasteiger partial charge on any atom is -0.454 e. The van der Waals surface area contributed by atoms with Crippen LogP contribution >= 0.6 is 0 Å². The molecule has 1 amide bonds. The summed E-state index contributed by atoms with van der Waals surface area (Å²) in [4.78, 5) is 14.1. The second kappa shape index (κ2) is 6.98. The Morgan fingerprint density at radius 3 is 2.54 bits per heavy atom. The first-order chi connectivity index (χ1) is 11.5. The van der Waals surface area contributed by atoms with E-state index in [1.807, 2.05) is 18.2 Å². The number of rotatable bonds is 5. The smallest absolute Gasteiger partial charge is 0.231 e. The number of benzene rings is 1. The van der Waals surface area contributed by atoms with Gasteiger partial charge in [-0.05, 0) is 31.0 Å². The summed E-state index contributed by atoms with van der Waals surface area (Å²) in [7, 11) is -3.16. The Balaban J connectivity index is 1.50. The fourth-order valence-electron chi connectivity index (χ4n) is 2.90. The summed E-state index contributed by atoms with van der Waals surface area (Å²) in [6.07, 6.45) is 1.03. The monoisotopic (exact) mass is 354 g/mol. The maximum atomic E-state index is 12.3. The lowest BCUT2D eigenvalue weighted by atomic mass is 10.1. The number of ether oxygens (including phenoxy) is 2. The molecule has 3 rings (SSSR count). The van der Waals surface area contributed by atoms with E-state index in [1.54, 1.807) is 11.8 Å². The Labute approximate surface area is 142 Å². The first-order valence-electron chi connectivity index (χ1n) is 8.14. The lowest BCUT2D eigenvalue weighted by Gasteiger charge is -2.33. The second-order valence-corrected chi connectivity index (χ2v) is 8.13. The minimum absolute atomic E-state index is 0.0567. The predicted molar refractivity (Wildman–Crippen MR) is 88.5 cm³/mol. The van der Waals surface area contributed by atoms with Crippen LogP contribution in [0, 0.1) is 0 Å². The molecule has 0 atom stereocenters. The Morgan fingerprint density at radius 2 is 1.83 bits per heavy atom. The summed E-state index contributed by atoms with van der Waals surface area (Å²) in [5.74, 6) is 1.61. The Hall–Kier alpha value is -1.80. The van der Waals surface area contributed by atoms with Crippen molar-refractivity contribution in [3.63, 3.8) is 0 Å². The van der Waals surface area contributed by atoms with Crippen molar-refractivity contribution in [2.24, 2.45) is 0 Å². The van der Waals surface area contributed by atoms with E-state index in [-0.39, 0.29) is 18.5 Å². The molecule has 0 aromatic heterocycles. The van der Waals surface area contributed by atoms with Crippen LogP contribution in [0.1, 0.15) is 18.9 Å². The maximum Gasteiger partial charge on any atom is 0.231 e. The zero-order valence-electron chi connectivity index (χ0n) is 13.7. The summed E-state index contributed by atoms with van der Waals surface area (Å²) in [6.45, 7) is 3.55. The van der Waals surface area contributed by atoms with Gasteiger partial charge in [0.15, 0.2) is 11.5 Å². The van der Waals surface area contributed by atoms with Gasteiger partial charge in [-0.1, -0.05) is 6.07 Å². The third-order valence-corrected chi connectivity index (χ3v) is 6.30. The van der Waals surface area contributed by atoms with E-state index in [9.17, 15) is 13.2 Å². The van der Waals surface area contributed by atoms with Gasteiger partial charge in [-0.15, -0.1) is 0 Å². The number of hydrogen-bond donors (Lipinski definition) is 0. The van der Waals surface area contributed by atoms with Gasteiger partial charge in [-0.2, -0.15) is 4.31 Å². The number of nitrogens with zero attached hydrogens (tertiary/aromatic N) is 2. The van der Waals surface area contributed by atoms with Gasteiger partial charge in [0.1, 0.15) is 0 Å². The van der Waals surface area contributed by atoms with Crippen LogP contribution in [0.5, 0.6) is 11.5 Å². The highest BCUT2D eigenvalue weighted by molar-refractivity contribution is 7.89. The van der Waals surface area contributed by atoms with Crippen LogP contribution in [0.2, 0.25) is 0 Å². The molecule has 0 saturated carbocycles. The molecule has 7 nitrogen and oxygen atoms in total. The number of carbonyl (C=O) groups excluding carboxylic acids is 1. The van der Waals surface area contributed by atoms with Gasteiger partial charge in [0.25, 0.3) is 0 Å². The molecule has 0 radical (unpaired) electrons. The average Bonchev–Trinajstić information content (AvgIpc) is 3.07. The Bertz CT molecular complexity index is 711. The molecular weight excluding hydrogens is 332 g/mol. The molecule has 2 aliphatic heterocycles. The molecule has 0 spiro atoms. The Morgan fingerprint density at radius 1 is 1.12 bits per heavy atom. The summed E-state index contributed by atoms with van der Waals surface area (Å²) < 4.78 is 35.7. The largest absolute Gasteiger partial charge is 0.454 e. The molecular formula is C16H22N2O5S. The van der Waals surface area contributed by atoms with Crippen LogP contribution in [-0.2, 0) is 21.2 Å². The highest BCUT2D eigenvalue weighted by Gasteiger charge is 2.27. The van der Waals surface area contributed by atoms with Crippen molar-refractivity contribution in [2.75, 3.05) is 38.7 Å². The molecule has 1 fully saturated rings. The van der Waals surface area contributed by atoms with Gasteiger partial charge in [0.05, 0.1) is 5.75 Å². The van der Waals surface area contributed by atoms with E-state index in [4.69, 9.17) is 9.47 Å². The average molecular weight is 354 g/mol. The summed E-state index contributed by atoms with van der Waals surface area (Å²) in [5, 5.41) is 0. The van der Waals surface area contributed by atoms with Gasteiger partial charge < -0.3 is 14.4 Å². The minimum atomic E-state index is -3.16. The van der Waals surface area contributed by atoms with E-state index in [2.05, 4.69) is 0 Å². The van der Waals surface area contributed by atoms with Gasteiger partial charge in [-0.3, -0.25) is 4.79 Å². The fraction of sp³-hybridized carbons (Fsp3) is 0.562. The fourth-order valence-corrected chi connectivity index (χ4v) is 3.99. The molecule has 2 aliphatic rings. The number of carbonyl (C=O) groups is 1. The van der Waals surface area contributed by atoms with E-state index in [0.29, 0.717) is 39.0 Å². The second-order valence-electron chi connectivity index (χ2n) is 5.87. The summed E-state index contributed by atoms with van der Waals surface area (Å²) in [6, 6.07) is 5.70. The van der Waals surface area contributed by atoms with Crippen molar-refractivity contribution in [3.05, 3.63) is 23.8 Å². The van der Waals surface area contributed by atoms with Crippen molar-refractivity contribution >= 4 is 15.9 Å². The molecule has 0 aliphatic carbocycles. The highest BCUT2D eigenvalue weighted by Crippen LogP contribution is 2.32. The summed E-state index contributed by atoms with van der Waals surface area (Å²) in [5.41, 5.74) is 1.03. The predicted octanol–water partition coefficient (Wildman–Crippen LogP) is 0.842. The molecule has 1 aromatic carbocycles. The molecule has 24 heavy (non-hydrogen) atoms. The third-order valence-electron chi connectivity index (χ3n) is 4.41. The normalized spacial score (nSPS) is 18.0. The molecule has 1 saturated heterocycles. The van der Waals surface area contributed by atoms with Gasteiger partial charge in [0, 0.05) is 32.6 Å². The van der Waals surface area contributed by atoms with Crippen molar-refractivity contribution in [1.29, 1.82) is 0 Å². The summed E-state index contributed by atoms with van der Waals surface area (Å²) >= 11 is 0. The molecule has 1 aromatic rings. The van der Waals surface area contributed by atoms with Crippen molar-refractivity contribution in [2.45, 2.75) is 19.8 Å². The van der Waals surface area contributed by atoms with Crippen LogP contribution < -0.4 is 9.47 Å². The standard InChI is InChI=1S/C16H22N2O5S/c1-2-24(20,21)18-9-7-17(8-10-18)16(19)6-4-13-3-5-14-15(11-13)23-12-22-14/h3,5,11H,2,4,6-10,12H2,1H3. The van der Waals surface area contributed by atoms with E-state index < -0.39 is 10.0 Å². The van der Waals surface area contributed by atoms with E-state index in [0.717, 1.165) is 17.1 Å². The number of aryl methyl sites for hydroxylation is 1. The van der Waals surface area contributed by atoms with Gasteiger partial charge >= 0.3 is 0 Å². The van der Waals surface area contributed by atoms with Crippen molar-refractivity contribution < 1.29 is 22.7 Å². The number of fused-ring (bicyclic) bond motifs is 1. The van der Waals surface area contributed by atoms with E-state index in [1.165, 1.54) is 4.31 Å². The van der Waals surface area contributed by atoms with Crippen LogP contribution in [0.25, 0.3) is 0 Å².